The molecule has 3 rings (SSSR count). The van der Waals surface area contributed by atoms with E-state index in [4.69, 9.17) is 28.4 Å². The van der Waals surface area contributed by atoms with Crippen LogP contribution in [0.1, 0.15) is 78.6 Å². The lowest BCUT2D eigenvalue weighted by molar-refractivity contribution is -0.296. The van der Waals surface area contributed by atoms with Crippen molar-refractivity contribution in [1.82, 2.24) is 5.32 Å². The zero-order valence-electron chi connectivity index (χ0n) is 30.4. The number of carbonyl (C=O) groups is 3. The van der Waals surface area contributed by atoms with Gasteiger partial charge in [0.15, 0.2) is 18.7 Å². The van der Waals surface area contributed by atoms with Crippen LogP contribution in [-0.4, -0.2) is 149 Å². The molecule has 2 aliphatic heterocycles. The van der Waals surface area contributed by atoms with Gasteiger partial charge in [-0.25, -0.2) is 4.79 Å². The molecule has 7 N–H and O–H groups in total. The number of carboxylic acid groups (broad SMARTS) is 1. The summed E-state index contributed by atoms with van der Waals surface area (Å²) in [6.45, 7) is 3.86. The molecule has 14 atom stereocenters. The van der Waals surface area contributed by atoms with Crippen molar-refractivity contribution in [3.8, 4) is 0 Å². The summed E-state index contributed by atoms with van der Waals surface area (Å²) in [4.78, 5) is 37.5. The van der Waals surface area contributed by atoms with Gasteiger partial charge in [0, 0.05) is 0 Å². The number of rotatable bonds is 18. The fraction of sp³-hybridized carbons (Fsp3) is 0.912. The Morgan fingerprint density at radius 3 is 2.15 bits per heavy atom. The number of ether oxygens (including phenoxy) is 6. The van der Waals surface area contributed by atoms with Crippen molar-refractivity contribution >= 4 is 17.8 Å². The maximum atomic E-state index is 13.5. The van der Waals surface area contributed by atoms with E-state index in [-0.39, 0.29) is 37.7 Å². The fourth-order valence-corrected chi connectivity index (χ4v) is 7.14. The molecule has 3 fully saturated rings. The number of hydrogen-bond acceptors (Lipinski definition) is 14. The van der Waals surface area contributed by atoms with Crippen LogP contribution >= 0.6 is 0 Å². The van der Waals surface area contributed by atoms with E-state index in [1.807, 2.05) is 6.92 Å². The summed E-state index contributed by atoms with van der Waals surface area (Å²) in [5.41, 5.74) is 0. The minimum absolute atomic E-state index is 0.00157. The van der Waals surface area contributed by atoms with Crippen molar-refractivity contribution in [1.29, 1.82) is 0 Å². The molecular weight excluding hydrogens is 719 g/mol. The molecule has 19 heteroatoms. The molecule has 5 unspecified atom stereocenters. The third-order valence-electron chi connectivity index (χ3n) is 10.3. The second-order valence-electron chi connectivity index (χ2n) is 14.3. The quantitative estimate of drug-likeness (QED) is 0.0952. The zero-order chi connectivity index (χ0) is 39.6. The van der Waals surface area contributed by atoms with Gasteiger partial charge in [0.2, 0.25) is 0 Å². The SMILES string of the molecule is CC[C@@H](COC1O[C@@H](C)C(O)[C@H](O)[C@@H]1O)CC(C[C@H](C)O[C@@H]1O[C@@H](CO)[C@H](O)C(O[C@@H](CC2CCCCC2)C(=O)O)C1NC(=O)C(F)(F)F)C(=O)OC. The van der Waals surface area contributed by atoms with Gasteiger partial charge in [-0.05, 0) is 44.9 Å². The zero-order valence-corrected chi connectivity index (χ0v) is 30.4. The molecule has 2 heterocycles. The summed E-state index contributed by atoms with van der Waals surface area (Å²) in [6.07, 6.45) is -16.9. The number of aliphatic hydroxyl groups is 5. The Balaban J connectivity index is 1.80. The average Bonchev–Trinajstić information content (AvgIpc) is 3.11. The Morgan fingerprint density at radius 2 is 1.58 bits per heavy atom. The second-order valence-corrected chi connectivity index (χ2v) is 14.3. The summed E-state index contributed by atoms with van der Waals surface area (Å²) >= 11 is 0. The Labute approximate surface area is 306 Å². The predicted molar refractivity (Wildman–Crippen MR) is 175 cm³/mol. The Bertz CT molecular complexity index is 1160. The van der Waals surface area contributed by atoms with Crippen molar-refractivity contribution in [3.63, 3.8) is 0 Å². The van der Waals surface area contributed by atoms with Crippen LogP contribution < -0.4 is 5.32 Å². The minimum atomic E-state index is -5.39. The smallest absolute Gasteiger partial charge is 0.471 e. The summed E-state index contributed by atoms with van der Waals surface area (Å²) in [7, 11) is 1.16. The van der Waals surface area contributed by atoms with Crippen LogP contribution in [0.4, 0.5) is 13.2 Å². The number of hydrogen-bond donors (Lipinski definition) is 7. The topological polar surface area (TPSA) is 240 Å². The second kappa shape index (κ2) is 20.6. The maximum absolute atomic E-state index is 13.5. The molecule has 0 bridgehead atoms. The summed E-state index contributed by atoms with van der Waals surface area (Å²) < 4.78 is 74.2. The lowest BCUT2D eigenvalue weighted by Crippen LogP contribution is -2.67. The maximum Gasteiger partial charge on any atom is 0.471 e. The number of nitrogens with one attached hydrogen (secondary N) is 1. The standard InChI is InChI=1S/C34H56F3NO15/c1-5-18(15-49-32-27(43)26(42)24(40)17(3)51-32)12-20(30(46)48-4)11-16(2)50-31-23(38-33(47)34(35,36)37)28(25(41)22(14-39)53-31)52-21(29(44)45)13-19-9-7-6-8-10-19/h16-28,31-32,39-43H,5-15H2,1-4H3,(H,38,47)(H,44,45)/t16-,17-,18+,20?,21-,22-,23?,24?,25-,26-,27-,28?,31+,32?/m0/s1. The van der Waals surface area contributed by atoms with E-state index >= 15 is 0 Å². The Kier molecular flexibility index (Phi) is 17.6. The number of amides is 1. The van der Waals surface area contributed by atoms with Gasteiger partial charge in [0.05, 0.1) is 38.4 Å². The lowest BCUT2D eigenvalue weighted by Gasteiger charge is -2.45. The minimum Gasteiger partial charge on any atom is -0.479 e. The van der Waals surface area contributed by atoms with Gasteiger partial charge in [0.25, 0.3) is 0 Å². The van der Waals surface area contributed by atoms with Crippen molar-refractivity contribution in [2.75, 3.05) is 20.3 Å². The number of alkyl halides is 3. The number of carbonyl (C=O) groups excluding carboxylic acids is 2. The van der Waals surface area contributed by atoms with E-state index in [1.165, 1.54) is 13.8 Å². The first-order chi connectivity index (χ1) is 24.9. The summed E-state index contributed by atoms with van der Waals surface area (Å²) in [5, 5.41) is 63.2. The first kappa shape index (κ1) is 45.2. The molecule has 0 radical (unpaired) electrons. The fourth-order valence-electron chi connectivity index (χ4n) is 7.14. The van der Waals surface area contributed by atoms with Crippen LogP contribution in [-0.2, 0) is 42.8 Å². The number of methoxy groups -OCH3 is 1. The van der Waals surface area contributed by atoms with Crippen molar-refractivity contribution in [2.45, 2.75) is 158 Å². The molecule has 1 aliphatic carbocycles. The van der Waals surface area contributed by atoms with Crippen molar-refractivity contribution in [3.05, 3.63) is 0 Å². The van der Waals surface area contributed by atoms with Gasteiger partial charge in [-0.1, -0.05) is 45.4 Å². The molecule has 16 nitrogen and oxygen atoms in total. The van der Waals surface area contributed by atoms with E-state index in [9.17, 15) is 58.2 Å². The number of esters is 1. The van der Waals surface area contributed by atoms with Crippen LogP contribution in [0.5, 0.6) is 0 Å². The molecule has 308 valence electrons. The largest absolute Gasteiger partial charge is 0.479 e. The Hall–Kier alpha value is -2.20. The highest BCUT2D eigenvalue weighted by Gasteiger charge is 2.52. The van der Waals surface area contributed by atoms with Crippen LogP contribution in [0.3, 0.4) is 0 Å². The predicted octanol–water partition coefficient (Wildman–Crippen LogP) is 0.765. The molecule has 1 amide bonds. The van der Waals surface area contributed by atoms with Gasteiger partial charge < -0.3 is 64.4 Å². The number of aliphatic hydroxyl groups excluding tert-OH is 5. The van der Waals surface area contributed by atoms with E-state index in [1.54, 1.807) is 5.32 Å². The first-order valence-corrected chi connectivity index (χ1v) is 18.2. The molecule has 53 heavy (non-hydrogen) atoms. The van der Waals surface area contributed by atoms with Crippen molar-refractivity contribution < 1.29 is 86.6 Å². The molecule has 0 spiro atoms. The molecule has 1 saturated carbocycles. The Morgan fingerprint density at radius 1 is 0.925 bits per heavy atom. The van der Waals surface area contributed by atoms with Gasteiger partial charge in [-0.2, -0.15) is 13.2 Å². The van der Waals surface area contributed by atoms with Crippen LogP contribution in [0.15, 0.2) is 0 Å². The molecular formula is C34H56F3NO15. The third-order valence-corrected chi connectivity index (χ3v) is 10.3. The van der Waals surface area contributed by atoms with Gasteiger partial charge in [-0.3, -0.25) is 9.59 Å². The highest BCUT2D eigenvalue weighted by atomic mass is 19.4. The molecule has 0 aromatic carbocycles. The summed E-state index contributed by atoms with van der Waals surface area (Å²) in [5.74, 6) is -5.82. The molecule has 0 aromatic rings. The van der Waals surface area contributed by atoms with Crippen molar-refractivity contribution in [2.24, 2.45) is 17.8 Å². The first-order valence-electron chi connectivity index (χ1n) is 18.2. The number of halogens is 3. The van der Waals surface area contributed by atoms with Gasteiger partial charge in [0.1, 0.15) is 42.7 Å². The highest BCUT2D eigenvalue weighted by molar-refractivity contribution is 5.82. The molecule has 0 aromatic heterocycles. The molecule has 2 saturated heterocycles. The molecule has 3 aliphatic rings. The van der Waals surface area contributed by atoms with Crippen LogP contribution in [0.2, 0.25) is 0 Å². The third kappa shape index (κ3) is 12.7. The van der Waals surface area contributed by atoms with Crippen LogP contribution in [0.25, 0.3) is 0 Å². The summed E-state index contributed by atoms with van der Waals surface area (Å²) in [6, 6.07) is -1.91. The monoisotopic (exact) mass is 775 g/mol. The van der Waals surface area contributed by atoms with E-state index in [2.05, 4.69) is 0 Å². The average molecular weight is 776 g/mol. The van der Waals surface area contributed by atoms with E-state index in [0.29, 0.717) is 6.42 Å². The normalized spacial score (nSPS) is 33.7. The van der Waals surface area contributed by atoms with Crippen LogP contribution in [0, 0.1) is 17.8 Å². The van der Waals surface area contributed by atoms with E-state index in [0.717, 1.165) is 39.2 Å². The number of carboxylic acids is 1. The van der Waals surface area contributed by atoms with Gasteiger partial charge in [-0.15, -0.1) is 0 Å². The van der Waals surface area contributed by atoms with Gasteiger partial charge >= 0.3 is 24.0 Å². The lowest BCUT2D eigenvalue weighted by atomic mass is 9.85. The van der Waals surface area contributed by atoms with E-state index < -0.39 is 110 Å². The number of aliphatic carboxylic acids is 1. The highest BCUT2D eigenvalue weighted by Crippen LogP contribution is 2.33.